The second-order valence-electron chi connectivity index (χ2n) is 9.56. The van der Waals surface area contributed by atoms with Crippen LogP contribution in [0.4, 0.5) is 0 Å². The average molecular weight is 493 g/mol. The summed E-state index contributed by atoms with van der Waals surface area (Å²) in [6.45, 7) is 15.3. The quantitative estimate of drug-likeness (QED) is 0.422. The van der Waals surface area contributed by atoms with E-state index in [1.165, 1.54) is 0 Å². The summed E-state index contributed by atoms with van der Waals surface area (Å²) in [5.41, 5.74) is 2.11. The van der Waals surface area contributed by atoms with Crippen LogP contribution in [0.1, 0.15) is 50.7 Å². The number of likely N-dealkylation sites (N-methyl/N-ethyl adjacent to an activating group) is 2. The Bertz CT molecular complexity index is 843. The topological polar surface area (TPSA) is 64.7 Å². The molecule has 0 aliphatic heterocycles. The predicted octanol–water partition coefficient (Wildman–Crippen LogP) is 3.72. The Morgan fingerprint density at radius 1 is 0.611 bits per heavy atom. The summed E-state index contributed by atoms with van der Waals surface area (Å²) in [5, 5.41) is 6.39. The first-order valence-electron chi connectivity index (χ1n) is 13.7. The van der Waals surface area contributed by atoms with Crippen LogP contribution in [-0.2, 0) is 9.59 Å². The van der Waals surface area contributed by atoms with Crippen LogP contribution >= 0.6 is 0 Å². The van der Waals surface area contributed by atoms with Gasteiger partial charge in [-0.25, -0.2) is 0 Å². The van der Waals surface area contributed by atoms with E-state index in [4.69, 9.17) is 0 Å². The second-order valence-corrected chi connectivity index (χ2v) is 9.56. The van der Waals surface area contributed by atoms with Crippen molar-refractivity contribution in [3.8, 4) is 0 Å². The van der Waals surface area contributed by atoms with E-state index in [1.54, 1.807) is 0 Å². The molecular formula is C30H44N4O2. The largest absolute Gasteiger partial charge is 0.355 e. The molecule has 2 aromatic carbocycles. The fraction of sp³-hybridized carbons (Fsp3) is 0.533. The van der Waals surface area contributed by atoms with Crippen LogP contribution in [0.5, 0.6) is 0 Å². The van der Waals surface area contributed by atoms with Crippen LogP contribution in [0.25, 0.3) is 0 Å². The van der Waals surface area contributed by atoms with Crippen LogP contribution in [0.2, 0.25) is 0 Å². The number of nitrogens with one attached hydrogen (secondary N) is 2. The van der Waals surface area contributed by atoms with Crippen molar-refractivity contribution < 1.29 is 9.59 Å². The first-order valence-corrected chi connectivity index (χ1v) is 13.7. The SMILES string of the molecule is CCN(CC)CCNC(=O)C1C(c2ccccc2)C(C(=O)NCCN(CC)CC)C1c1ccccc1. The van der Waals surface area contributed by atoms with Gasteiger partial charge in [0.15, 0.2) is 0 Å². The van der Waals surface area contributed by atoms with E-state index in [0.29, 0.717) is 13.1 Å². The fourth-order valence-corrected chi connectivity index (χ4v) is 5.57. The Balaban J connectivity index is 1.84. The average Bonchev–Trinajstić information content (AvgIpc) is 2.90. The molecule has 3 rings (SSSR count). The van der Waals surface area contributed by atoms with Gasteiger partial charge in [0.2, 0.25) is 11.8 Å². The molecule has 1 fully saturated rings. The molecule has 2 aromatic rings. The minimum absolute atomic E-state index is 0.0389. The molecular weight excluding hydrogens is 448 g/mol. The molecule has 196 valence electrons. The highest BCUT2D eigenvalue weighted by Crippen LogP contribution is 2.57. The van der Waals surface area contributed by atoms with Crippen molar-refractivity contribution in [1.82, 2.24) is 20.4 Å². The number of hydrogen-bond acceptors (Lipinski definition) is 4. The first-order chi connectivity index (χ1) is 17.5. The molecule has 0 aromatic heterocycles. The van der Waals surface area contributed by atoms with Gasteiger partial charge in [0, 0.05) is 38.0 Å². The third-order valence-corrected chi connectivity index (χ3v) is 7.77. The standard InChI is InChI=1S/C30H44N4O2/c1-5-33(6-2)21-19-31-29(35)27-25(23-15-11-9-12-16-23)28(26(27)24-17-13-10-14-18-24)30(36)32-20-22-34(7-3)8-4/h9-18,25-28H,5-8,19-22H2,1-4H3,(H,31,35)(H,32,36). The Hall–Kier alpha value is -2.70. The summed E-state index contributed by atoms with van der Waals surface area (Å²) in [4.78, 5) is 31.9. The van der Waals surface area contributed by atoms with Crippen LogP contribution in [-0.4, -0.2) is 74.0 Å². The summed E-state index contributed by atoms with van der Waals surface area (Å²) < 4.78 is 0. The number of benzene rings is 2. The predicted molar refractivity (Wildman–Crippen MR) is 147 cm³/mol. The lowest BCUT2D eigenvalue weighted by molar-refractivity contribution is -0.140. The molecule has 0 unspecified atom stereocenters. The van der Waals surface area contributed by atoms with Gasteiger partial charge in [-0.3, -0.25) is 9.59 Å². The van der Waals surface area contributed by atoms with Gasteiger partial charge in [-0.15, -0.1) is 0 Å². The molecule has 1 aliphatic rings. The summed E-state index contributed by atoms with van der Waals surface area (Å²) in [6.07, 6.45) is 0. The van der Waals surface area contributed by atoms with Gasteiger partial charge >= 0.3 is 0 Å². The highest BCUT2D eigenvalue weighted by Gasteiger charge is 2.57. The van der Waals surface area contributed by atoms with E-state index in [2.05, 4.69) is 72.4 Å². The van der Waals surface area contributed by atoms with Gasteiger partial charge in [-0.05, 0) is 37.3 Å². The Labute approximate surface area is 217 Å². The van der Waals surface area contributed by atoms with Gasteiger partial charge in [-0.1, -0.05) is 88.4 Å². The minimum atomic E-state index is -0.287. The van der Waals surface area contributed by atoms with Gasteiger partial charge in [-0.2, -0.15) is 0 Å². The highest BCUT2D eigenvalue weighted by atomic mass is 16.2. The molecule has 2 amide bonds. The van der Waals surface area contributed by atoms with Crippen molar-refractivity contribution in [3.63, 3.8) is 0 Å². The number of amides is 2. The van der Waals surface area contributed by atoms with E-state index < -0.39 is 0 Å². The molecule has 0 spiro atoms. The summed E-state index contributed by atoms with van der Waals surface area (Å²) in [6, 6.07) is 20.2. The lowest BCUT2D eigenvalue weighted by atomic mass is 9.52. The Morgan fingerprint density at radius 2 is 0.944 bits per heavy atom. The number of rotatable bonds is 14. The molecule has 0 saturated heterocycles. The van der Waals surface area contributed by atoms with E-state index in [9.17, 15) is 9.59 Å². The smallest absolute Gasteiger partial charge is 0.224 e. The van der Waals surface area contributed by atoms with Crippen molar-refractivity contribution in [3.05, 3.63) is 71.8 Å². The van der Waals surface area contributed by atoms with Crippen molar-refractivity contribution >= 4 is 11.8 Å². The van der Waals surface area contributed by atoms with Gasteiger partial charge in [0.05, 0.1) is 11.8 Å². The van der Waals surface area contributed by atoms with Crippen LogP contribution < -0.4 is 10.6 Å². The van der Waals surface area contributed by atoms with Crippen LogP contribution in [0, 0.1) is 11.8 Å². The molecule has 0 heterocycles. The molecule has 2 N–H and O–H groups in total. The van der Waals surface area contributed by atoms with Crippen molar-refractivity contribution in [2.45, 2.75) is 39.5 Å². The summed E-state index contributed by atoms with van der Waals surface area (Å²) in [5.74, 6) is -0.805. The number of hydrogen-bond donors (Lipinski definition) is 2. The fourth-order valence-electron chi connectivity index (χ4n) is 5.57. The van der Waals surface area contributed by atoms with Gasteiger partial charge < -0.3 is 20.4 Å². The Kier molecular flexibility index (Phi) is 11.0. The van der Waals surface area contributed by atoms with E-state index in [1.807, 2.05) is 36.4 Å². The molecule has 0 bridgehead atoms. The molecule has 6 heteroatoms. The highest BCUT2D eigenvalue weighted by molar-refractivity contribution is 5.90. The molecule has 6 nitrogen and oxygen atoms in total. The van der Waals surface area contributed by atoms with E-state index in [0.717, 1.165) is 50.4 Å². The Morgan fingerprint density at radius 3 is 1.25 bits per heavy atom. The zero-order chi connectivity index (χ0) is 25.9. The zero-order valence-electron chi connectivity index (χ0n) is 22.5. The third-order valence-electron chi connectivity index (χ3n) is 7.77. The van der Waals surface area contributed by atoms with Crippen molar-refractivity contribution in [2.75, 3.05) is 52.4 Å². The molecule has 1 aliphatic carbocycles. The lowest BCUT2D eigenvalue weighted by Gasteiger charge is -2.51. The number of nitrogens with zero attached hydrogens (tertiary/aromatic N) is 2. The zero-order valence-corrected chi connectivity index (χ0v) is 22.5. The maximum absolute atomic E-state index is 13.6. The second kappa shape index (κ2) is 14.1. The van der Waals surface area contributed by atoms with E-state index >= 15 is 0 Å². The monoisotopic (exact) mass is 492 g/mol. The first kappa shape index (κ1) is 27.9. The van der Waals surface area contributed by atoms with Gasteiger partial charge in [0.25, 0.3) is 0 Å². The number of carbonyl (C=O) groups excluding carboxylic acids is 2. The van der Waals surface area contributed by atoms with Crippen molar-refractivity contribution in [2.24, 2.45) is 11.8 Å². The normalized spacial score (nSPS) is 21.3. The van der Waals surface area contributed by atoms with Crippen molar-refractivity contribution in [1.29, 1.82) is 0 Å². The molecule has 36 heavy (non-hydrogen) atoms. The summed E-state index contributed by atoms with van der Waals surface area (Å²) in [7, 11) is 0. The maximum Gasteiger partial charge on any atom is 0.224 e. The third kappa shape index (κ3) is 6.74. The van der Waals surface area contributed by atoms with Crippen LogP contribution in [0.15, 0.2) is 60.7 Å². The molecule has 0 radical (unpaired) electrons. The molecule has 0 atom stereocenters. The van der Waals surface area contributed by atoms with Gasteiger partial charge in [0.1, 0.15) is 0 Å². The summed E-state index contributed by atoms with van der Waals surface area (Å²) >= 11 is 0. The maximum atomic E-state index is 13.6. The minimum Gasteiger partial charge on any atom is -0.355 e. The number of carbonyl (C=O) groups is 2. The van der Waals surface area contributed by atoms with Crippen LogP contribution in [0.3, 0.4) is 0 Å². The van der Waals surface area contributed by atoms with E-state index in [-0.39, 0.29) is 35.5 Å². The lowest BCUT2D eigenvalue weighted by Crippen LogP contribution is -2.57. The molecule has 1 saturated carbocycles.